The van der Waals surface area contributed by atoms with Crippen molar-refractivity contribution >= 4 is 5.91 Å². The van der Waals surface area contributed by atoms with Gasteiger partial charge in [-0.1, -0.05) is 6.92 Å². The van der Waals surface area contributed by atoms with E-state index in [0.29, 0.717) is 26.3 Å². The molecular weight excluding hydrogens is 206 g/mol. The molecule has 0 spiro atoms. The van der Waals surface area contributed by atoms with Gasteiger partial charge < -0.3 is 20.3 Å². The van der Waals surface area contributed by atoms with Crippen LogP contribution >= 0.6 is 0 Å². The van der Waals surface area contributed by atoms with E-state index in [1.54, 1.807) is 0 Å². The van der Waals surface area contributed by atoms with Crippen molar-refractivity contribution in [1.29, 1.82) is 0 Å². The molecular formula is C11H25N3O2. The van der Waals surface area contributed by atoms with Gasteiger partial charge in [0.2, 0.25) is 5.91 Å². The molecule has 5 nitrogen and oxygen atoms in total. The normalized spacial score (nSPS) is 12.8. The molecule has 0 aliphatic heterocycles. The molecule has 0 aliphatic carbocycles. The summed E-state index contributed by atoms with van der Waals surface area (Å²) < 4.78 is 5.36. The van der Waals surface area contributed by atoms with Gasteiger partial charge in [-0.15, -0.1) is 0 Å². The average Bonchev–Trinajstić information content (AvgIpc) is 2.22. The molecule has 0 bridgehead atoms. The summed E-state index contributed by atoms with van der Waals surface area (Å²) in [5.74, 6) is 0.0809. The van der Waals surface area contributed by atoms with Crippen molar-refractivity contribution in [2.75, 3.05) is 54.0 Å². The number of hydrogen-bond donors (Lipinski definition) is 2. The number of ether oxygens (including phenoxy) is 1. The zero-order valence-electron chi connectivity index (χ0n) is 10.9. The van der Waals surface area contributed by atoms with Crippen LogP contribution < -0.4 is 10.6 Å². The van der Waals surface area contributed by atoms with E-state index in [-0.39, 0.29) is 11.8 Å². The Morgan fingerprint density at radius 1 is 1.38 bits per heavy atom. The van der Waals surface area contributed by atoms with Crippen LogP contribution in [0.2, 0.25) is 0 Å². The van der Waals surface area contributed by atoms with Crippen LogP contribution in [0, 0.1) is 5.92 Å². The monoisotopic (exact) mass is 231 g/mol. The van der Waals surface area contributed by atoms with Crippen LogP contribution in [0.5, 0.6) is 0 Å². The first kappa shape index (κ1) is 15.3. The topological polar surface area (TPSA) is 53.6 Å². The summed E-state index contributed by atoms with van der Waals surface area (Å²) in [5, 5.41) is 5.81. The maximum absolute atomic E-state index is 11.5. The minimum Gasteiger partial charge on any atom is -0.378 e. The maximum atomic E-state index is 11.5. The third kappa shape index (κ3) is 8.64. The molecule has 1 amide bonds. The molecule has 0 aromatic rings. The molecule has 5 heteroatoms. The van der Waals surface area contributed by atoms with Crippen LogP contribution in [-0.2, 0) is 9.53 Å². The SMILES string of the molecule is CNCC(C)C(=O)NCCOCCN(C)C. The van der Waals surface area contributed by atoms with Crippen LogP contribution in [0.1, 0.15) is 6.92 Å². The third-order valence-electron chi connectivity index (χ3n) is 2.19. The largest absolute Gasteiger partial charge is 0.378 e. The second kappa shape index (κ2) is 9.57. The van der Waals surface area contributed by atoms with E-state index >= 15 is 0 Å². The Balaban J connectivity index is 3.34. The lowest BCUT2D eigenvalue weighted by molar-refractivity contribution is -0.124. The molecule has 0 fully saturated rings. The number of nitrogens with zero attached hydrogens (tertiary/aromatic N) is 1. The molecule has 0 saturated heterocycles. The highest BCUT2D eigenvalue weighted by Gasteiger charge is 2.10. The van der Waals surface area contributed by atoms with E-state index in [1.165, 1.54) is 0 Å². The minimum absolute atomic E-state index is 0.00627. The molecule has 0 saturated carbocycles. The van der Waals surface area contributed by atoms with Crippen molar-refractivity contribution in [2.45, 2.75) is 6.92 Å². The Bertz CT molecular complexity index is 186. The predicted molar refractivity (Wildman–Crippen MR) is 65.5 cm³/mol. The maximum Gasteiger partial charge on any atom is 0.224 e. The van der Waals surface area contributed by atoms with Gasteiger partial charge in [0, 0.05) is 25.6 Å². The summed E-state index contributed by atoms with van der Waals surface area (Å²) in [6.45, 7) is 5.37. The van der Waals surface area contributed by atoms with Gasteiger partial charge in [0.15, 0.2) is 0 Å². The lowest BCUT2D eigenvalue weighted by Gasteiger charge is -2.12. The van der Waals surface area contributed by atoms with Gasteiger partial charge in [0.25, 0.3) is 0 Å². The molecule has 0 aromatic heterocycles. The molecule has 0 radical (unpaired) electrons. The third-order valence-corrected chi connectivity index (χ3v) is 2.19. The highest BCUT2D eigenvalue weighted by Crippen LogP contribution is 1.91. The number of likely N-dealkylation sites (N-methyl/N-ethyl adjacent to an activating group) is 1. The van der Waals surface area contributed by atoms with Crippen molar-refractivity contribution in [3.8, 4) is 0 Å². The lowest BCUT2D eigenvalue weighted by atomic mass is 10.1. The standard InChI is InChI=1S/C11H25N3O2/c1-10(9-12-2)11(15)13-5-7-16-8-6-14(3)4/h10,12H,5-9H2,1-4H3,(H,13,15). The zero-order chi connectivity index (χ0) is 12.4. The Hall–Kier alpha value is -0.650. The molecule has 0 aromatic carbocycles. The second-order valence-corrected chi connectivity index (χ2v) is 4.17. The molecule has 0 rings (SSSR count). The first-order valence-corrected chi connectivity index (χ1v) is 5.72. The molecule has 2 N–H and O–H groups in total. The van der Waals surface area contributed by atoms with Gasteiger partial charge in [-0.2, -0.15) is 0 Å². The number of amides is 1. The number of rotatable bonds is 9. The highest BCUT2D eigenvalue weighted by molar-refractivity contribution is 5.78. The fourth-order valence-electron chi connectivity index (χ4n) is 1.17. The summed E-state index contributed by atoms with van der Waals surface area (Å²) in [4.78, 5) is 13.5. The Labute approximate surface area is 98.5 Å². The number of carbonyl (C=O) groups excluding carboxylic acids is 1. The van der Waals surface area contributed by atoms with E-state index in [9.17, 15) is 4.79 Å². The smallest absolute Gasteiger partial charge is 0.224 e. The minimum atomic E-state index is 0.00627. The molecule has 0 heterocycles. The van der Waals surface area contributed by atoms with Crippen molar-refractivity contribution < 1.29 is 9.53 Å². The van der Waals surface area contributed by atoms with Crippen LogP contribution in [0.25, 0.3) is 0 Å². The van der Waals surface area contributed by atoms with Gasteiger partial charge in [-0.3, -0.25) is 4.79 Å². The fourth-order valence-corrected chi connectivity index (χ4v) is 1.17. The molecule has 96 valence electrons. The fraction of sp³-hybridized carbons (Fsp3) is 0.909. The van der Waals surface area contributed by atoms with E-state index < -0.39 is 0 Å². The van der Waals surface area contributed by atoms with Crippen molar-refractivity contribution in [3.05, 3.63) is 0 Å². The van der Waals surface area contributed by atoms with E-state index in [1.807, 2.05) is 28.1 Å². The summed E-state index contributed by atoms with van der Waals surface area (Å²) in [6, 6.07) is 0. The predicted octanol–water partition coefficient (Wildman–Crippen LogP) is -0.464. The molecule has 0 aliphatic rings. The Morgan fingerprint density at radius 3 is 2.62 bits per heavy atom. The van der Waals surface area contributed by atoms with Gasteiger partial charge in [0.05, 0.1) is 13.2 Å². The summed E-state index contributed by atoms with van der Waals surface area (Å²) >= 11 is 0. The van der Waals surface area contributed by atoms with Crippen molar-refractivity contribution in [3.63, 3.8) is 0 Å². The van der Waals surface area contributed by atoms with Crippen LogP contribution in [-0.4, -0.2) is 64.8 Å². The summed E-state index contributed by atoms with van der Waals surface area (Å²) in [5.41, 5.74) is 0. The van der Waals surface area contributed by atoms with Crippen molar-refractivity contribution in [1.82, 2.24) is 15.5 Å². The zero-order valence-corrected chi connectivity index (χ0v) is 10.9. The van der Waals surface area contributed by atoms with Crippen LogP contribution in [0.3, 0.4) is 0 Å². The quantitative estimate of drug-likeness (QED) is 0.527. The number of nitrogens with one attached hydrogen (secondary N) is 2. The molecule has 1 atom stereocenters. The van der Waals surface area contributed by atoms with Gasteiger partial charge in [-0.25, -0.2) is 0 Å². The van der Waals surface area contributed by atoms with Gasteiger partial charge >= 0.3 is 0 Å². The van der Waals surface area contributed by atoms with Crippen LogP contribution in [0.4, 0.5) is 0 Å². The van der Waals surface area contributed by atoms with Gasteiger partial charge in [-0.05, 0) is 21.1 Å². The summed E-state index contributed by atoms with van der Waals surface area (Å²) in [7, 11) is 5.85. The first-order chi connectivity index (χ1) is 7.57. The molecule has 1 unspecified atom stereocenters. The highest BCUT2D eigenvalue weighted by atomic mass is 16.5. The number of carbonyl (C=O) groups is 1. The van der Waals surface area contributed by atoms with Gasteiger partial charge in [0.1, 0.15) is 0 Å². The van der Waals surface area contributed by atoms with E-state index in [4.69, 9.17) is 4.74 Å². The average molecular weight is 231 g/mol. The van der Waals surface area contributed by atoms with Crippen molar-refractivity contribution in [2.24, 2.45) is 5.92 Å². The Morgan fingerprint density at radius 2 is 2.06 bits per heavy atom. The second-order valence-electron chi connectivity index (χ2n) is 4.17. The number of hydrogen-bond acceptors (Lipinski definition) is 4. The lowest BCUT2D eigenvalue weighted by Crippen LogP contribution is -2.36. The molecule has 16 heavy (non-hydrogen) atoms. The van der Waals surface area contributed by atoms with E-state index in [0.717, 1.165) is 6.54 Å². The summed E-state index contributed by atoms with van der Waals surface area (Å²) in [6.07, 6.45) is 0. The van der Waals surface area contributed by atoms with E-state index in [2.05, 4.69) is 15.5 Å². The van der Waals surface area contributed by atoms with Crippen LogP contribution in [0.15, 0.2) is 0 Å². The first-order valence-electron chi connectivity index (χ1n) is 5.72. The Kier molecular flexibility index (Phi) is 9.18.